The van der Waals surface area contributed by atoms with Gasteiger partial charge in [-0.05, 0) is 25.7 Å². The Morgan fingerprint density at radius 3 is 2.29 bits per heavy atom. The first kappa shape index (κ1) is 32.7. The van der Waals surface area contributed by atoms with Crippen LogP contribution in [-0.2, 0) is 28.8 Å². The summed E-state index contributed by atoms with van der Waals surface area (Å²) in [7, 11) is 0. The van der Waals surface area contributed by atoms with Gasteiger partial charge in [0, 0.05) is 18.8 Å². The standard InChI is InChI=1S/C20H36N10O7S/c21-20(22)25-5-1-3-10(16(34)14(31)8-26-23)27-18(36)13-4-2-6-30(13)19(37)12(9-38)28-17(35)11(29-24)7-15(32)33/h10-13,26,29,38H,1-9,23-24H2,(H,27,36)(H,28,35)(H,32,33)(H4,21,22,25)/t10-,11-,12-,13-/m0/s1. The Morgan fingerprint density at radius 1 is 1.05 bits per heavy atom. The number of aliphatic carboxylic acids is 1. The molecule has 38 heavy (non-hydrogen) atoms. The number of nitrogens with two attached hydrogens (primary N) is 4. The van der Waals surface area contributed by atoms with Gasteiger partial charge in [0.1, 0.15) is 18.1 Å². The van der Waals surface area contributed by atoms with Crippen molar-refractivity contribution in [3.05, 3.63) is 0 Å². The number of carbonyl (C=O) groups excluding carboxylic acids is 5. The van der Waals surface area contributed by atoms with Gasteiger partial charge in [-0.25, -0.2) is 5.43 Å². The Hall–Kier alpha value is -3.32. The van der Waals surface area contributed by atoms with Gasteiger partial charge in [0.05, 0.1) is 19.0 Å². The second-order valence-electron chi connectivity index (χ2n) is 8.43. The van der Waals surface area contributed by atoms with Crippen molar-refractivity contribution in [2.24, 2.45) is 28.1 Å². The Bertz CT molecular complexity index is 915. The predicted molar refractivity (Wildman–Crippen MR) is 138 cm³/mol. The number of hydrogen-bond donors (Lipinski definition) is 10. The van der Waals surface area contributed by atoms with Crippen molar-refractivity contribution in [1.82, 2.24) is 26.4 Å². The van der Waals surface area contributed by atoms with Gasteiger partial charge in [-0.1, -0.05) is 0 Å². The predicted octanol–water partition coefficient (Wildman–Crippen LogP) is -5.16. The lowest BCUT2D eigenvalue weighted by Gasteiger charge is -2.29. The average Bonchev–Trinajstić information content (AvgIpc) is 3.36. The summed E-state index contributed by atoms with van der Waals surface area (Å²) in [4.78, 5) is 79.4. The quantitative estimate of drug-likeness (QED) is 0.0152. The lowest BCUT2D eigenvalue weighted by Crippen LogP contribution is -2.58. The summed E-state index contributed by atoms with van der Waals surface area (Å²) < 4.78 is 0. The normalized spacial score (nSPS) is 17.1. The maximum atomic E-state index is 13.2. The first-order valence-corrected chi connectivity index (χ1v) is 12.4. The van der Waals surface area contributed by atoms with E-state index < -0.39 is 72.4 Å². The van der Waals surface area contributed by atoms with Gasteiger partial charge >= 0.3 is 5.97 Å². The summed E-state index contributed by atoms with van der Waals surface area (Å²) in [5.74, 6) is 4.94. The number of carboxylic acids is 1. The number of nitrogens with zero attached hydrogens (tertiary/aromatic N) is 2. The second-order valence-corrected chi connectivity index (χ2v) is 8.79. The molecule has 18 heteroatoms. The molecule has 3 amide bonds. The molecule has 1 rings (SSSR count). The summed E-state index contributed by atoms with van der Waals surface area (Å²) in [6.45, 7) is -0.0932. The number of amides is 3. The lowest BCUT2D eigenvalue weighted by atomic mass is 10.0. The molecule has 1 fully saturated rings. The minimum absolute atomic E-state index is 0.0463. The third kappa shape index (κ3) is 10.2. The molecule has 0 unspecified atom stereocenters. The van der Waals surface area contributed by atoms with Crippen molar-refractivity contribution in [3.63, 3.8) is 0 Å². The molecule has 1 saturated heterocycles. The largest absolute Gasteiger partial charge is 0.481 e. The first-order valence-electron chi connectivity index (χ1n) is 11.7. The van der Waals surface area contributed by atoms with Crippen molar-refractivity contribution < 1.29 is 33.9 Å². The lowest BCUT2D eigenvalue weighted by molar-refractivity contribution is -0.143. The highest BCUT2D eigenvalue weighted by molar-refractivity contribution is 7.80. The van der Waals surface area contributed by atoms with E-state index >= 15 is 0 Å². The van der Waals surface area contributed by atoms with Crippen LogP contribution in [0.25, 0.3) is 0 Å². The summed E-state index contributed by atoms with van der Waals surface area (Å²) in [5, 5.41) is 13.9. The van der Waals surface area contributed by atoms with E-state index in [1.165, 1.54) is 4.90 Å². The van der Waals surface area contributed by atoms with Crippen molar-refractivity contribution in [3.8, 4) is 0 Å². The number of rotatable bonds is 17. The van der Waals surface area contributed by atoms with E-state index in [0.29, 0.717) is 6.42 Å². The first-order chi connectivity index (χ1) is 18.0. The van der Waals surface area contributed by atoms with Crippen LogP contribution in [0.3, 0.4) is 0 Å². The fourth-order valence-corrected chi connectivity index (χ4v) is 4.02. The monoisotopic (exact) mass is 560 g/mol. The molecule has 214 valence electrons. The smallest absolute Gasteiger partial charge is 0.305 e. The minimum Gasteiger partial charge on any atom is -0.481 e. The zero-order chi connectivity index (χ0) is 28.8. The van der Waals surface area contributed by atoms with Gasteiger partial charge in [-0.3, -0.25) is 50.9 Å². The zero-order valence-electron chi connectivity index (χ0n) is 20.7. The number of likely N-dealkylation sites (tertiary alicyclic amines) is 1. The van der Waals surface area contributed by atoms with E-state index in [1.807, 2.05) is 0 Å². The van der Waals surface area contributed by atoms with Gasteiger partial charge in [0.2, 0.25) is 29.3 Å². The van der Waals surface area contributed by atoms with Crippen LogP contribution in [0.4, 0.5) is 0 Å². The molecule has 0 aromatic heterocycles. The van der Waals surface area contributed by atoms with E-state index in [4.69, 9.17) is 28.3 Å². The molecule has 0 bridgehead atoms. The zero-order valence-corrected chi connectivity index (χ0v) is 21.6. The number of guanidine groups is 1. The Labute approximate surface area is 224 Å². The number of nitrogens with one attached hydrogen (secondary N) is 4. The minimum atomic E-state index is -1.30. The van der Waals surface area contributed by atoms with E-state index in [9.17, 15) is 28.8 Å². The highest BCUT2D eigenvalue weighted by Gasteiger charge is 2.39. The van der Waals surface area contributed by atoms with Crippen LogP contribution < -0.4 is 44.6 Å². The molecule has 0 aromatic carbocycles. The molecule has 17 nitrogen and oxygen atoms in total. The molecular weight excluding hydrogens is 524 g/mol. The summed E-state index contributed by atoms with van der Waals surface area (Å²) in [6, 6.07) is -4.67. The van der Waals surface area contributed by atoms with Gasteiger partial charge in [0.15, 0.2) is 5.96 Å². The number of aliphatic imine (C=N–C) groups is 1. The molecule has 0 saturated carbocycles. The van der Waals surface area contributed by atoms with Crippen LogP contribution in [0.15, 0.2) is 4.99 Å². The number of hydrazine groups is 2. The molecule has 4 atom stereocenters. The van der Waals surface area contributed by atoms with Crippen LogP contribution in [0.2, 0.25) is 0 Å². The van der Waals surface area contributed by atoms with Crippen molar-refractivity contribution in [2.45, 2.75) is 56.3 Å². The van der Waals surface area contributed by atoms with Crippen LogP contribution >= 0.6 is 12.6 Å². The van der Waals surface area contributed by atoms with Gasteiger partial charge in [0.25, 0.3) is 0 Å². The fraction of sp³-hybridized carbons (Fsp3) is 0.650. The Morgan fingerprint density at radius 2 is 1.74 bits per heavy atom. The second kappa shape index (κ2) is 16.5. The average molecular weight is 561 g/mol. The Kier molecular flexibility index (Phi) is 14.2. The fourth-order valence-electron chi connectivity index (χ4n) is 3.78. The number of Topliss-reactive ketones (excluding diaryl/α,β-unsaturated/α-hetero) is 2. The van der Waals surface area contributed by atoms with E-state index in [1.54, 1.807) is 0 Å². The van der Waals surface area contributed by atoms with Crippen LogP contribution in [0, 0.1) is 0 Å². The number of thiol groups is 1. The van der Waals surface area contributed by atoms with Gasteiger partial charge < -0.3 is 32.1 Å². The molecule has 1 aliphatic rings. The van der Waals surface area contributed by atoms with Crippen LogP contribution in [-0.4, -0.2) is 101 Å². The summed E-state index contributed by atoms with van der Waals surface area (Å²) in [6.07, 6.45) is 0.421. The van der Waals surface area contributed by atoms with Gasteiger partial charge in [-0.15, -0.1) is 0 Å². The molecule has 0 aromatic rings. The molecule has 0 radical (unpaired) electrons. The molecule has 0 spiro atoms. The summed E-state index contributed by atoms with van der Waals surface area (Å²) in [5.41, 5.74) is 14.7. The van der Waals surface area contributed by atoms with Crippen LogP contribution in [0.1, 0.15) is 32.1 Å². The van der Waals surface area contributed by atoms with Crippen LogP contribution in [0.5, 0.6) is 0 Å². The van der Waals surface area contributed by atoms with E-state index in [2.05, 4.69) is 39.1 Å². The highest BCUT2D eigenvalue weighted by Crippen LogP contribution is 2.19. The van der Waals surface area contributed by atoms with Crippen molar-refractivity contribution >= 4 is 53.8 Å². The number of carbonyl (C=O) groups is 6. The third-order valence-electron chi connectivity index (χ3n) is 5.65. The molecule has 0 aliphatic carbocycles. The molecular formula is C20H36N10O7S. The molecule has 1 heterocycles. The van der Waals surface area contributed by atoms with E-state index in [0.717, 1.165) is 0 Å². The highest BCUT2D eigenvalue weighted by atomic mass is 32.1. The maximum absolute atomic E-state index is 13.2. The SMILES string of the molecule is NNCC(=O)C(=O)[C@H](CCCN=C(N)N)NC(=O)[C@@H]1CCCN1C(=O)[C@H](CS)NC(=O)[C@H](CC(=O)O)NN. The van der Waals surface area contributed by atoms with Gasteiger partial charge in [-0.2, -0.15) is 12.6 Å². The maximum Gasteiger partial charge on any atom is 0.305 e. The Balaban J connectivity index is 2.97. The van der Waals surface area contributed by atoms with E-state index in [-0.39, 0.29) is 44.1 Å². The molecule has 13 N–H and O–H groups in total. The number of ketones is 2. The summed E-state index contributed by atoms with van der Waals surface area (Å²) >= 11 is 4.10. The topological polar surface area (TPSA) is 290 Å². The molecule has 1 aliphatic heterocycles. The third-order valence-corrected chi connectivity index (χ3v) is 6.01. The number of hydrogen-bond acceptors (Lipinski definition) is 12. The number of carboxylic acid groups (broad SMARTS) is 1. The van der Waals surface area contributed by atoms with Crippen molar-refractivity contribution in [2.75, 3.05) is 25.4 Å². The van der Waals surface area contributed by atoms with Crippen molar-refractivity contribution in [1.29, 1.82) is 0 Å².